The van der Waals surface area contributed by atoms with Crippen molar-refractivity contribution in [3.05, 3.63) is 40.9 Å². The molecule has 0 saturated carbocycles. The molecule has 124 valence electrons. The molecular weight excluding hydrogens is 335 g/mol. The van der Waals surface area contributed by atoms with Gasteiger partial charge in [-0.15, -0.1) is 0 Å². The number of carboxylic acid groups (broad SMARTS) is 1. The van der Waals surface area contributed by atoms with Gasteiger partial charge in [-0.1, -0.05) is 23.8 Å². The quantitative estimate of drug-likeness (QED) is 0.813. The number of carbonyl (C=O) groups is 2. The number of benzene rings is 1. The monoisotopic (exact) mass is 347 g/mol. The Balaban J connectivity index is 2.23. The van der Waals surface area contributed by atoms with Crippen molar-refractivity contribution >= 4 is 29.2 Å². The van der Waals surface area contributed by atoms with Crippen LogP contribution in [0.3, 0.4) is 0 Å². The first-order chi connectivity index (χ1) is 10.7. The van der Waals surface area contributed by atoms with Crippen LogP contribution < -0.4 is 5.32 Å². The summed E-state index contributed by atoms with van der Waals surface area (Å²) in [5.41, 5.74) is -1.14. The van der Waals surface area contributed by atoms with Gasteiger partial charge in [0.2, 0.25) is 5.91 Å². The number of carboxylic acids is 1. The smallest absolute Gasteiger partial charge is 0.416 e. The van der Waals surface area contributed by atoms with Gasteiger partial charge in [-0.05, 0) is 31.0 Å². The van der Waals surface area contributed by atoms with Gasteiger partial charge >= 0.3 is 12.1 Å². The summed E-state index contributed by atoms with van der Waals surface area (Å²) in [4.78, 5) is 23.4. The lowest BCUT2D eigenvalue weighted by atomic mass is 9.82. The van der Waals surface area contributed by atoms with E-state index >= 15 is 0 Å². The summed E-state index contributed by atoms with van der Waals surface area (Å²) in [7, 11) is 0. The highest BCUT2D eigenvalue weighted by Gasteiger charge is 2.35. The zero-order valence-electron chi connectivity index (χ0n) is 11.7. The molecule has 0 unspecified atom stereocenters. The molecule has 1 aromatic rings. The largest absolute Gasteiger partial charge is 0.481 e. The average molecular weight is 348 g/mol. The summed E-state index contributed by atoms with van der Waals surface area (Å²) < 4.78 is 38.2. The minimum atomic E-state index is -4.57. The first-order valence-electron chi connectivity index (χ1n) is 6.75. The van der Waals surface area contributed by atoms with E-state index < -0.39 is 35.5 Å². The molecule has 1 aliphatic rings. The first kappa shape index (κ1) is 17.3. The van der Waals surface area contributed by atoms with Crippen LogP contribution in [0, 0.1) is 11.8 Å². The fraction of sp³-hybridized carbons (Fsp3) is 0.333. The Morgan fingerprint density at radius 3 is 2.35 bits per heavy atom. The predicted molar refractivity (Wildman–Crippen MR) is 78.1 cm³/mol. The average Bonchev–Trinajstić information content (AvgIpc) is 2.48. The van der Waals surface area contributed by atoms with E-state index in [9.17, 15) is 22.8 Å². The van der Waals surface area contributed by atoms with Gasteiger partial charge in [0, 0.05) is 0 Å². The molecule has 2 N–H and O–H groups in total. The number of allylic oxidation sites excluding steroid dienone is 2. The predicted octanol–water partition coefficient (Wildman–Crippen LogP) is 3.96. The van der Waals surface area contributed by atoms with E-state index in [1.54, 1.807) is 12.2 Å². The van der Waals surface area contributed by atoms with Crippen molar-refractivity contribution in [2.75, 3.05) is 5.32 Å². The summed E-state index contributed by atoms with van der Waals surface area (Å²) >= 11 is 5.82. The minimum Gasteiger partial charge on any atom is -0.481 e. The molecule has 2 rings (SSSR count). The molecule has 0 bridgehead atoms. The lowest BCUT2D eigenvalue weighted by Gasteiger charge is -2.24. The van der Waals surface area contributed by atoms with Gasteiger partial charge in [-0.2, -0.15) is 13.2 Å². The molecule has 1 aromatic carbocycles. The van der Waals surface area contributed by atoms with Gasteiger partial charge < -0.3 is 10.4 Å². The zero-order valence-corrected chi connectivity index (χ0v) is 12.5. The fourth-order valence-electron chi connectivity index (χ4n) is 2.40. The number of carbonyl (C=O) groups excluding carboxylic acids is 1. The maximum Gasteiger partial charge on any atom is 0.416 e. The lowest BCUT2D eigenvalue weighted by molar-refractivity contribution is -0.146. The lowest BCUT2D eigenvalue weighted by Crippen LogP contribution is -2.34. The number of amides is 1. The Labute approximate surface area is 134 Å². The van der Waals surface area contributed by atoms with Crippen molar-refractivity contribution < 1.29 is 27.9 Å². The van der Waals surface area contributed by atoms with Gasteiger partial charge in [-0.3, -0.25) is 9.59 Å². The Hall–Kier alpha value is -2.02. The van der Waals surface area contributed by atoms with Crippen LogP contribution in [0.5, 0.6) is 0 Å². The molecule has 0 heterocycles. The van der Waals surface area contributed by atoms with E-state index in [1.165, 1.54) is 0 Å². The molecule has 0 fully saturated rings. The number of halogens is 4. The van der Waals surface area contributed by atoms with Gasteiger partial charge in [0.25, 0.3) is 0 Å². The fourth-order valence-corrected chi connectivity index (χ4v) is 2.56. The number of aliphatic carboxylic acids is 1. The summed E-state index contributed by atoms with van der Waals surface area (Å²) in [5.74, 6) is -3.56. The van der Waals surface area contributed by atoms with Gasteiger partial charge in [0.15, 0.2) is 0 Å². The van der Waals surface area contributed by atoms with Crippen LogP contribution in [0.15, 0.2) is 30.4 Å². The van der Waals surface area contributed by atoms with Crippen LogP contribution in [0.2, 0.25) is 5.02 Å². The van der Waals surface area contributed by atoms with Crippen LogP contribution in [0.4, 0.5) is 18.9 Å². The first-order valence-corrected chi connectivity index (χ1v) is 7.13. The minimum absolute atomic E-state index is 0.0513. The second-order valence-corrected chi connectivity index (χ2v) is 5.58. The molecule has 2 atom stereocenters. The number of hydrogen-bond acceptors (Lipinski definition) is 2. The van der Waals surface area contributed by atoms with Gasteiger partial charge in [0.05, 0.1) is 28.1 Å². The maximum absolute atomic E-state index is 12.7. The third kappa shape index (κ3) is 4.04. The van der Waals surface area contributed by atoms with Crippen LogP contribution in [0.1, 0.15) is 18.4 Å². The molecule has 0 aliphatic heterocycles. The highest BCUT2D eigenvalue weighted by Crippen LogP contribution is 2.35. The summed E-state index contributed by atoms with van der Waals surface area (Å²) in [5, 5.41) is 11.4. The van der Waals surface area contributed by atoms with E-state index in [-0.39, 0.29) is 23.6 Å². The number of alkyl halides is 3. The van der Waals surface area contributed by atoms with Crippen molar-refractivity contribution in [1.82, 2.24) is 0 Å². The summed E-state index contributed by atoms with van der Waals surface area (Å²) in [6.07, 6.45) is -0.818. The molecule has 8 heteroatoms. The Bertz CT molecular complexity index is 658. The SMILES string of the molecule is O=C(O)[C@H]1CC=CC[C@H]1C(=O)Nc1cc(C(F)(F)F)ccc1Cl. The van der Waals surface area contributed by atoms with Crippen molar-refractivity contribution in [3.63, 3.8) is 0 Å². The van der Waals surface area contributed by atoms with E-state index in [2.05, 4.69) is 5.32 Å². The van der Waals surface area contributed by atoms with E-state index in [0.29, 0.717) is 0 Å². The highest BCUT2D eigenvalue weighted by molar-refractivity contribution is 6.33. The van der Waals surface area contributed by atoms with Crippen molar-refractivity contribution in [2.24, 2.45) is 11.8 Å². The van der Waals surface area contributed by atoms with Gasteiger partial charge in [0.1, 0.15) is 0 Å². The van der Waals surface area contributed by atoms with E-state index in [1.807, 2.05) is 0 Å². The topological polar surface area (TPSA) is 66.4 Å². The third-order valence-corrected chi connectivity index (χ3v) is 3.97. The number of hydrogen-bond donors (Lipinski definition) is 2. The van der Waals surface area contributed by atoms with Crippen LogP contribution in [-0.2, 0) is 15.8 Å². The zero-order chi connectivity index (χ0) is 17.2. The number of nitrogens with one attached hydrogen (secondary N) is 1. The summed E-state index contributed by atoms with van der Waals surface area (Å²) in [6, 6.07) is 2.57. The Morgan fingerprint density at radius 1 is 1.17 bits per heavy atom. The molecule has 0 saturated heterocycles. The number of rotatable bonds is 3. The van der Waals surface area contributed by atoms with Crippen molar-refractivity contribution in [3.8, 4) is 0 Å². The third-order valence-electron chi connectivity index (χ3n) is 3.64. The Kier molecular flexibility index (Phi) is 4.99. The van der Waals surface area contributed by atoms with Crippen molar-refractivity contribution in [2.45, 2.75) is 19.0 Å². The second kappa shape index (κ2) is 6.62. The molecule has 0 radical (unpaired) electrons. The molecular formula is C15H13ClF3NO3. The van der Waals surface area contributed by atoms with Gasteiger partial charge in [-0.25, -0.2) is 0 Å². The Morgan fingerprint density at radius 2 is 1.78 bits per heavy atom. The van der Waals surface area contributed by atoms with E-state index in [0.717, 1.165) is 18.2 Å². The molecule has 23 heavy (non-hydrogen) atoms. The molecule has 1 aliphatic carbocycles. The second-order valence-electron chi connectivity index (χ2n) is 5.18. The molecule has 0 spiro atoms. The molecule has 0 aromatic heterocycles. The van der Waals surface area contributed by atoms with Crippen LogP contribution in [0.25, 0.3) is 0 Å². The molecule has 4 nitrogen and oxygen atoms in total. The van der Waals surface area contributed by atoms with Crippen molar-refractivity contribution in [1.29, 1.82) is 0 Å². The van der Waals surface area contributed by atoms with Crippen LogP contribution >= 0.6 is 11.6 Å². The number of anilines is 1. The van der Waals surface area contributed by atoms with Crippen LogP contribution in [-0.4, -0.2) is 17.0 Å². The molecule has 1 amide bonds. The van der Waals surface area contributed by atoms with E-state index in [4.69, 9.17) is 16.7 Å². The standard InChI is InChI=1S/C15H13ClF3NO3/c16-11-6-5-8(15(17,18)19)7-12(11)20-13(21)9-3-1-2-4-10(9)14(22)23/h1-2,5-7,9-10H,3-4H2,(H,20,21)(H,22,23)/t9-,10+/m1/s1. The highest BCUT2D eigenvalue weighted by atomic mass is 35.5. The maximum atomic E-state index is 12.7. The summed E-state index contributed by atoms with van der Waals surface area (Å²) in [6.45, 7) is 0. The normalized spacial score (nSPS) is 21.0.